The van der Waals surface area contributed by atoms with Gasteiger partial charge in [0.05, 0.1) is 4.92 Å². The summed E-state index contributed by atoms with van der Waals surface area (Å²) in [4.78, 5) is 10.0. The summed E-state index contributed by atoms with van der Waals surface area (Å²) in [6.45, 7) is 2.23. The van der Waals surface area contributed by atoms with Gasteiger partial charge in [0.2, 0.25) is 10.0 Å². The van der Waals surface area contributed by atoms with Crippen LogP contribution in [-0.2, 0) is 10.0 Å². The van der Waals surface area contributed by atoms with Crippen LogP contribution < -0.4 is 5.73 Å². The van der Waals surface area contributed by atoms with Crippen molar-refractivity contribution in [3.05, 3.63) is 28.3 Å². The number of nitro groups is 1. The average molecular weight is 299 g/mol. The third kappa shape index (κ3) is 2.75. The number of rotatable bonds is 6. The number of hydrogen-bond donors (Lipinski definition) is 1. The van der Waals surface area contributed by atoms with Crippen LogP contribution in [-0.4, -0.2) is 30.2 Å². The second-order valence-electron chi connectivity index (χ2n) is 4.83. The van der Waals surface area contributed by atoms with Crippen LogP contribution in [0.2, 0.25) is 0 Å². The summed E-state index contributed by atoms with van der Waals surface area (Å²) >= 11 is 0. The maximum atomic E-state index is 12.6. The number of nitrogens with two attached hydrogens (primary N) is 1. The Morgan fingerprint density at radius 3 is 2.60 bits per heavy atom. The van der Waals surface area contributed by atoms with E-state index in [1.54, 1.807) is 0 Å². The largest absolute Gasteiger partial charge is 0.399 e. The standard InChI is InChI=1S/C12H17N3O4S/c1-2-7-14(10-4-5-10)20(18,19)12-8-9(13)3-6-11(12)15(16)17/h3,6,8,10H,2,4-5,7,13H2,1H3. The molecule has 20 heavy (non-hydrogen) atoms. The molecule has 0 saturated heterocycles. The van der Waals surface area contributed by atoms with Gasteiger partial charge in [-0.25, -0.2) is 8.42 Å². The molecule has 7 nitrogen and oxygen atoms in total. The predicted molar refractivity (Wildman–Crippen MR) is 74.7 cm³/mol. The highest BCUT2D eigenvalue weighted by molar-refractivity contribution is 7.89. The number of sulfonamides is 1. The van der Waals surface area contributed by atoms with Gasteiger partial charge < -0.3 is 5.73 Å². The Hall–Kier alpha value is -1.67. The van der Waals surface area contributed by atoms with E-state index < -0.39 is 20.6 Å². The quantitative estimate of drug-likeness (QED) is 0.489. The third-order valence-corrected chi connectivity index (χ3v) is 5.15. The topological polar surface area (TPSA) is 107 Å². The van der Waals surface area contributed by atoms with Gasteiger partial charge in [0.1, 0.15) is 0 Å². The van der Waals surface area contributed by atoms with Gasteiger partial charge in [0, 0.05) is 24.3 Å². The molecular weight excluding hydrogens is 282 g/mol. The molecule has 8 heteroatoms. The summed E-state index contributed by atoms with van der Waals surface area (Å²) in [6.07, 6.45) is 2.26. The summed E-state index contributed by atoms with van der Waals surface area (Å²) < 4.78 is 26.7. The summed E-state index contributed by atoms with van der Waals surface area (Å²) in [7, 11) is -3.89. The second-order valence-corrected chi connectivity index (χ2v) is 6.69. The van der Waals surface area contributed by atoms with Crippen molar-refractivity contribution in [2.24, 2.45) is 0 Å². The van der Waals surface area contributed by atoms with Crippen molar-refractivity contribution in [2.45, 2.75) is 37.1 Å². The van der Waals surface area contributed by atoms with Crippen molar-refractivity contribution in [3.8, 4) is 0 Å². The highest BCUT2D eigenvalue weighted by atomic mass is 32.2. The van der Waals surface area contributed by atoms with Crippen LogP contribution in [0.3, 0.4) is 0 Å². The normalized spacial score (nSPS) is 15.5. The van der Waals surface area contributed by atoms with E-state index in [4.69, 9.17) is 5.73 Å². The highest BCUT2D eigenvalue weighted by Crippen LogP contribution is 2.35. The predicted octanol–water partition coefficient (Wildman–Crippen LogP) is 1.74. The Morgan fingerprint density at radius 1 is 1.45 bits per heavy atom. The zero-order chi connectivity index (χ0) is 14.9. The molecule has 0 heterocycles. The average Bonchev–Trinajstić information content (AvgIpc) is 3.19. The van der Waals surface area contributed by atoms with Crippen LogP contribution in [0, 0.1) is 10.1 Å². The van der Waals surface area contributed by atoms with E-state index in [2.05, 4.69) is 0 Å². The van der Waals surface area contributed by atoms with Crippen LogP contribution in [0.1, 0.15) is 26.2 Å². The lowest BCUT2D eigenvalue weighted by atomic mass is 10.3. The molecule has 1 aromatic rings. The molecule has 0 bridgehead atoms. The third-order valence-electron chi connectivity index (χ3n) is 3.17. The summed E-state index contributed by atoms with van der Waals surface area (Å²) in [5.41, 5.74) is 5.35. The van der Waals surface area contributed by atoms with Gasteiger partial charge in [-0.1, -0.05) is 6.92 Å². The summed E-state index contributed by atoms with van der Waals surface area (Å²) in [5.74, 6) is 0. The lowest BCUT2D eigenvalue weighted by Crippen LogP contribution is -2.34. The monoisotopic (exact) mass is 299 g/mol. The van der Waals surface area contributed by atoms with Gasteiger partial charge in [-0.2, -0.15) is 4.31 Å². The molecule has 2 N–H and O–H groups in total. The Bertz CT molecular complexity index is 626. The summed E-state index contributed by atoms with van der Waals surface area (Å²) in [6, 6.07) is 3.59. The van der Waals surface area contributed by atoms with Crippen molar-refractivity contribution in [3.63, 3.8) is 0 Å². The lowest BCUT2D eigenvalue weighted by Gasteiger charge is -2.21. The molecule has 0 aromatic heterocycles. The highest BCUT2D eigenvalue weighted by Gasteiger charge is 2.40. The number of benzene rings is 1. The van der Waals surface area contributed by atoms with E-state index >= 15 is 0 Å². The van der Waals surface area contributed by atoms with Gasteiger partial charge in [0.25, 0.3) is 5.69 Å². The molecule has 0 aliphatic heterocycles. The Morgan fingerprint density at radius 2 is 2.10 bits per heavy atom. The molecule has 1 fully saturated rings. The maximum absolute atomic E-state index is 12.6. The lowest BCUT2D eigenvalue weighted by molar-refractivity contribution is -0.387. The molecule has 1 saturated carbocycles. The van der Waals surface area contributed by atoms with Gasteiger partial charge in [-0.05, 0) is 31.4 Å². The molecule has 1 aliphatic rings. The first kappa shape index (κ1) is 14.7. The SMILES string of the molecule is CCCN(C1CC1)S(=O)(=O)c1cc(N)ccc1[N+](=O)[O-]. The Labute approximate surface area is 117 Å². The molecule has 1 aliphatic carbocycles. The van der Waals surface area contributed by atoms with Crippen molar-refractivity contribution in [1.82, 2.24) is 4.31 Å². The van der Waals surface area contributed by atoms with E-state index in [1.165, 1.54) is 16.4 Å². The molecule has 0 amide bonds. The first-order chi connectivity index (χ1) is 9.37. The van der Waals surface area contributed by atoms with Crippen molar-refractivity contribution in [2.75, 3.05) is 12.3 Å². The maximum Gasteiger partial charge on any atom is 0.289 e. The molecule has 1 aromatic carbocycles. The van der Waals surface area contributed by atoms with Crippen LogP contribution >= 0.6 is 0 Å². The van der Waals surface area contributed by atoms with E-state index in [9.17, 15) is 18.5 Å². The molecule has 0 unspecified atom stereocenters. The molecule has 0 spiro atoms. The first-order valence-corrected chi connectivity index (χ1v) is 7.87. The van der Waals surface area contributed by atoms with E-state index in [0.717, 1.165) is 18.9 Å². The second kappa shape index (κ2) is 5.37. The minimum absolute atomic E-state index is 0.0408. The molecule has 2 rings (SSSR count). The van der Waals surface area contributed by atoms with E-state index in [1.807, 2.05) is 6.92 Å². The summed E-state index contributed by atoms with van der Waals surface area (Å²) in [5, 5.41) is 11.0. The zero-order valence-electron chi connectivity index (χ0n) is 11.2. The van der Waals surface area contributed by atoms with E-state index in [-0.39, 0.29) is 16.6 Å². The number of hydrogen-bond acceptors (Lipinski definition) is 5. The van der Waals surface area contributed by atoms with Gasteiger partial charge >= 0.3 is 0 Å². The smallest absolute Gasteiger partial charge is 0.289 e. The number of nitro benzene ring substituents is 1. The fraction of sp³-hybridized carbons (Fsp3) is 0.500. The Balaban J connectivity index is 2.52. The van der Waals surface area contributed by atoms with Crippen LogP contribution in [0.15, 0.2) is 23.1 Å². The number of nitrogens with zero attached hydrogens (tertiary/aromatic N) is 2. The van der Waals surface area contributed by atoms with Gasteiger partial charge in [0.15, 0.2) is 4.90 Å². The zero-order valence-corrected chi connectivity index (χ0v) is 12.0. The van der Waals surface area contributed by atoms with Crippen molar-refractivity contribution in [1.29, 1.82) is 0 Å². The molecular formula is C12H17N3O4S. The fourth-order valence-electron chi connectivity index (χ4n) is 2.10. The Kier molecular flexibility index (Phi) is 3.96. The van der Waals surface area contributed by atoms with Crippen molar-refractivity contribution < 1.29 is 13.3 Å². The molecule has 0 radical (unpaired) electrons. The van der Waals surface area contributed by atoms with Crippen LogP contribution in [0.25, 0.3) is 0 Å². The van der Waals surface area contributed by atoms with Crippen LogP contribution in [0.4, 0.5) is 11.4 Å². The molecule has 0 atom stereocenters. The first-order valence-electron chi connectivity index (χ1n) is 6.43. The fourth-order valence-corrected chi connectivity index (χ4v) is 4.07. The van der Waals surface area contributed by atoms with Gasteiger partial charge in [-0.15, -0.1) is 0 Å². The van der Waals surface area contributed by atoms with Crippen molar-refractivity contribution >= 4 is 21.4 Å². The minimum atomic E-state index is -3.89. The van der Waals surface area contributed by atoms with Gasteiger partial charge in [-0.3, -0.25) is 10.1 Å². The van der Waals surface area contributed by atoms with Crippen LogP contribution in [0.5, 0.6) is 0 Å². The minimum Gasteiger partial charge on any atom is -0.399 e. The van der Waals surface area contributed by atoms with E-state index in [0.29, 0.717) is 13.0 Å². The number of nitrogen functional groups attached to an aromatic ring is 1. The molecule has 110 valence electrons. The number of anilines is 1.